The van der Waals surface area contributed by atoms with Crippen molar-refractivity contribution in [2.75, 3.05) is 31.6 Å². The molecule has 0 atom stereocenters. The number of anilines is 1. The van der Waals surface area contributed by atoms with Crippen LogP contribution in [0.3, 0.4) is 0 Å². The summed E-state index contributed by atoms with van der Waals surface area (Å²) in [5, 5.41) is 0.790. The van der Waals surface area contributed by atoms with E-state index in [1.54, 1.807) is 36.4 Å². The van der Waals surface area contributed by atoms with Gasteiger partial charge in [-0.25, -0.2) is 9.78 Å². The van der Waals surface area contributed by atoms with Gasteiger partial charge in [-0.3, -0.25) is 19.1 Å². The highest BCUT2D eigenvalue weighted by Crippen LogP contribution is 2.26. The van der Waals surface area contributed by atoms with E-state index in [0.717, 1.165) is 31.6 Å². The van der Waals surface area contributed by atoms with Gasteiger partial charge in [-0.1, -0.05) is 23.9 Å². The van der Waals surface area contributed by atoms with Gasteiger partial charge in [-0.05, 0) is 88.7 Å². The molecule has 1 fully saturated rings. The molecular formula is C32H37ClN4O5. The van der Waals surface area contributed by atoms with Gasteiger partial charge in [0.2, 0.25) is 0 Å². The van der Waals surface area contributed by atoms with E-state index in [-0.39, 0.29) is 18.6 Å². The van der Waals surface area contributed by atoms with Crippen LogP contribution < -0.4 is 10.5 Å². The zero-order chi connectivity index (χ0) is 30.4. The van der Waals surface area contributed by atoms with Gasteiger partial charge in [0.1, 0.15) is 18.0 Å². The van der Waals surface area contributed by atoms with Crippen LogP contribution in [0, 0.1) is 12.3 Å². The molecule has 1 aromatic heterocycles. The lowest BCUT2D eigenvalue weighted by molar-refractivity contribution is -0.141. The number of methoxy groups -OCH3 is 1. The summed E-state index contributed by atoms with van der Waals surface area (Å²) in [5.41, 5.74) is 1.40. The molecule has 0 aliphatic carbocycles. The van der Waals surface area contributed by atoms with Gasteiger partial charge in [-0.15, -0.1) is 6.42 Å². The number of esters is 2. The van der Waals surface area contributed by atoms with Crippen LogP contribution in [-0.2, 0) is 33.9 Å². The topological polar surface area (TPSA) is 94.0 Å². The number of aromatic nitrogens is 2. The number of halogens is 1. The van der Waals surface area contributed by atoms with Crippen LogP contribution in [0.1, 0.15) is 61.8 Å². The summed E-state index contributed by atoms with van der Waals surface area (Å²) < 4.78 is 11.7. The van der Waals surface area contributed by atoms with Crippen LogP contribution in [0.4, 0.5) is 5.69 Å². The Balaban J connectivity index is 1.67. The van der Waals surface area contributed by atoms with Gasteiger partial charge in [0, 0.05) is 17.3 Å². The Morgan fingerprint density at radius 2 is 1.81 bits per heavy atom. The standard InChI is InChI=1S/C32H37ClN4O5/c1-6-14-36(24-12-10-22(11-13-24)31(40)42-32(2,3)4)19-23-17-25-27(18-26(23)33)34-28(20-35-15-8-7-9-16-35)37(30(25)39)21-29(38)41-5/h1,10-13,17-18H,7-9,14-16,19-21H2,2-5H3. The van der Waals surface area contributed by atoms with E-state index in [2.05, 4.69) is 10.8 Å². The first kappa shape index (κ1) is 31.1. The van der Waals surface area contributed by atoms with Crippen molar-refractivity contribution in [3.63, 3.8) is 0 Å². The Morgan fingerprint density at radius 1 is 1.12 bits per heavy atom. The van der Waals surface area contributed by atoms with Crippen molar-refractivity contribution in [1.29, 1.82) is 0 Å². The summed E-state index contributed by atoms with van der Waals surface area (Å²) >= 11 is 6.73. The first-order valence-electron chi connectivity index (χ1n) is 14.0. The van der Waals surface area contributed by atoms with Crippen LogP contribution in [0.15, 0.2) is 41.2 Å². The lowest BCUT2D eigenvalue weighted by Gasteiger charge is -2.27. The van der Waals surface area contributed by atoms with Gasteiger partial charge < -0.3 is 14.4 Å². The molecule has 42 heavy (non-hydrogen) atoms. The number of carbonyl (C=O) groups excluding carboxylic acids is 2. The largest absolute Gasteiger partial charge is 0.468 e. The highest BCUT2D eigenvalue weighted by molar-refractivity contribution is 6.32. The molecule has 0 spiro atoms. The second-order valence-electron chi connectivity index (χ2n) is 11.4. The minimum atomic E-state index is -0.601. The van der Waals surface area contributed by atoms with Gasteiger partial charge in [-0.2, -0.15) is 0 Å². The van der Waals surface area contributed by atoms with Gasteiger partial charge in [0.25, 0.3) is 5.56 Å². The molecule has 0 bridgehead atoms. The Labute approximate surface area is 251 Å². The van der Waals surface area contributed by atoms with Gasteiger partial charge in [0.05, 0.1) is 36.7 Å². The second kappa shape index (κ2) is 13.4. The second-order valence-corrected chi connectivity index (χ2v) is 11.8. The van der Waals surface area contributed by atoms with Crippen molar-refractivity contribution in [1.82, 2.24) is 14.5 Å². The number of benzene rings is 2. The fourth-order valence-corrected chi connectivity index (χ4v) is 5.17. The number of nitrogens with zero attached hydrogens (tertiary/aromatic N) is 4. The molecule has 9 nitrogen and oxygen atoms in total. The highest BCUT2D eigenvalue weighted by atomic mass is 35.5. The Hall–Kier alpha value is -3.87. The number of ether oxygens (including phenoxy) is 2. The molecule has 4 rings (SSSR count). The third-order valence-electron chi connectivity index (χ3n) is 7.04. The molecular weight excluding hydrogens is 556 g/mol. The number of likely N-dealkylation sites (tertiary alicyclic amines) is 1. The molecule has 0 N–H and O–H groups in total. The zero-order valence-electron chi connectivity index (χ0n) is 24.6. The summed E-state index contributed by atoms with van der Waals surface area (Å²) in [6, 6.07) is 10.4. The first-order chi connectivity index (χ1) is 20.0. The van der Waals surface area contributed by atoms with Gasteiger partial charge in [0.15, 0.2) is 0 Å². The monoisotopic (exact) mass is 592 g/mol. The minimum Gasteiger partial charge on any atom is -0.468 e. The maximum Gasteiger partial charge on any atom is 0.338 e. The highest BCUT2D eigenvalue weighted by Gasteiger charge is 2.21. The predicted octanol–water partition coefficient (Wildman–Crippen LogP) is 4.80. The predicted molar refractivity (Wildman–Crippen MR) is 164 cm³/mol. The van der Waals surface area contributed by atoms with E-state index in [0.29, 0.717) is 46.0 Å². The maximum atomic E-state index is 13.8. The molecule has 2 heterocycles. The zero-order valence-corrected chi connectivity index (χ0v) is 25.4. The number of rotatable bonds is 9. The lowest BCUT2D eigenvalue weighted by Crippen LogP contribution is -2.35. The third-order valence-corrected chi connectivity index (χ3v) is 7.39. The average Bonchev–Trinajstić information content (AvgIpc) is 2.95. The van der Waals surface area contributed by atoms with E-state index < -0.39 is 17.5 Å². The van der Waals surface area contributed by atoms with Crippen molar-refractivity contribution in [2.24, 2.45) is 0 Å². The Bertz CT molecular complexity index is 1550. The molecule has 2 aromatic carbocycles. The smallest absolute Gasteiger partial charge is 0.338 e. The maximum absolute atomic E-state index is 13.8. The molecule has 0 unspecified atom stereocenters. The SMILES string of the molecule is C#CCN(Cc1cc2c(=O)n(CC(=O)OC)c(CN3CCCCC3)nc2cc1Cl)c1ccc(C(=O)OC(C)(C)C)cc1. The van der Waals surface area contributed by atoms with Crippen molar-refractivity contribution < 1.29 is 19.1 Å². The Morgan fingerprint density at radius 3 is 2.43 bits per heavy atom. The molecule has 222 valence electrons. The molecule has 3 aromatic rings. The van der Waals surface area contributed by atoms with Crippen molar-refractivity contribution >= 4 is 40.1 Å². The van der Waals surface area contributed by atoms with Crippen LogP contribution in [-0.4, -0.2) is 58.7 Å². The number of terminal acetylenes is 1. The van der Waals surface area contributed by atoms with Crippen molar-refractivity contribution in [2.45, 2.75) is 65.3 Å². The summed E-state index contributed by atoms with van der Waals surface area (Å²) in [6.45, 7) is 8.06. The molecule has 0 saturated carbocycles. The third kappa shape index (κ3) is 7.69. The Kier molecular flexibility index (Phi) is 9.92. The van der Waals surface area contributed by atoms with Crippen molar-refractivity contribution in [3.8, 4) is 12.3 Å². The summed E-state index contributed by atoms with van der Waals surface area (Å²) in [5.74, 6) is 2.23. The van der Waals surface area contributed by atoms with Crippen LogP contribution in [0.2, 0.25) is 5.02 Å². The normalized spacial score (nSPS) is 13.9. The van der Waals surface area contributed by atoms with Gasteiger partial charge >= 0.3 is 11.9 Å². The number of hydrogen-bond acceptors (Lipinski definition) is 8. The summed E-state index contributed by atoms with van der Waals surface area (Å²) in [6.07, 6.45) is 9.03. The molecule has 1 aliphatic rings. The molecule has 0 radical (unpaired) electrons. The van der Waals surface area contributed by atoms with E-state index in [1.165, 1.54) is 18.1 Å². The van der Waals surface area contributed by atoms with Crippen LogP contribution in [0.5, 0.6) is 0 Å². The fourth-order valence-electron chi connectivity index (χ4n) is 4.95. The van der Waals surface area contributed by atoms with E-state index in [1.807, 2.05) is 25.7 Å². The van der Waals surface area contributed by atoms with Crippen LogP contribution in [0.25, 0.3) is 10.9 Å². The number of piperidine rings is 1. The average molecular weight is 593 g/mol. The molecule has 1 saturated heterocycles. The molecule has 0 amide bonds. The number of carbonyl (C=O) groups is 2. The van der Waals surface area contributed by atoms with Crippen LogP contribution >= 0.6 is 11.6 Å². The summed E-state index contributed by atoms with van der Waals surface area (Å²) in [7, 11) is 1.30. The van der Waals surface area contributed by atoms with E-state index >= 15 is 0 Å². The minimum absolute atomic E-state index is 0.230. The number of fused-ring (bicyclic) bond motifs is 1. The van der Waals surface area contributed by atoms with Crippen molar-refractivity contribution in [3.05, 3.63) is 68.7 Å². The van der Waals surface area contributed by atoms with E-state index in [9.17, 15) is 14.4 Å². The quantitative estimate of drug-likeness (QED) is 0.258. The molecule has 10 heteroatoms. The summed E-state index contributed by atoms with van der Waals surface area (Å²) in [4.78, 5) is 47.4. The van der Waals surface area contributed by atoms with E-state index in [4.69, 9.17) is 32.5 Å². The fraction of sp³-hybridized carbons (Fsp3) is 0.438. The number of hydrogen-bond donors (Lipinski definition) is 0. The first-order valence-corrected chi connectivity index (χ1v) is 14.4. The lowest BCUT2D eigenvalue weighted by atomic mass is 10.1. The molecule has 1 aliphatic heterocycles.